The molecule has 0 saturated heterocycles. The van der Waals surface area contributed by atoms with Gasteiger partial charge in [-0.05, 0) is 56.4 Å². The van der Waals surface area contributed by atoms with E-state index in [-0.39, 0.29) is 0 Å². The Bertz CT molecular complexity index is 159. The van der Waals surface area contributed by atoms with E-state index in [0.29, 0.717) is 0 Å². The van der Waals surface area contributed by atoms with Gasteiger partial charge in [0.25, 0.3) is 0 Å². The summed E-state index contributed by atoms with van der Waals surface area (Å²) in [5, 5.41) is 3.73. The molecule has 0 heterocycles. The molecule has 3 aliphatic rings. The van der Waals surface area contributed by atoms with Crippen molar-refractivity contribution in [2.24, 2.45) is 17.8 Å². The molecule has 0 aromatic heterocycles. The van der Waals surface area contributed by atoms with Crippen LogP contribution in [0, 0.1) is 17.8 Å². The summed E-state index contributed by atoms with van der Waals surface area (Å²) in [7, 11) is 0. The lowest BCUT2D eigenvalue weighted by Gasteiger charge is -2.24. The Balaban J connectivity index is 1.53. The van der Waals surface area contributed by atoms with Gasteiger partial charge in [0, 0.05) is 6.04 Å². The SMILES string of the molecule is CC(C)CCCNC1CC2CC1C2. The van der Waals surface area contributed by atoms with Crippen molar-refractivity contribution in [2.45, 2.75) is 52.0 Å². The molecule has 1 heteroatoms. The van der Waals surface area contributed by atoms with Gasteiger partial charge in [-0.3, -0.25) is 0 Å². The van der Waals surface area contributed by atoms with E-state index in [1.807, 2.05) is 0 Å². The van der Waals surface area contributed by atoms with E-state index in [4.69, 9.17) is 0 Å². The highest BCUT2D eigenvalue weighted by molar-refractivity contribution is 4.98. The number of fused-ring (bicyclic) bond motifs is 1. The molecule has 0 spiro atoms. The normalized spacial score (nSPS) is 36.7. The van der Waals surface area contributed by atoms with Crippen molar-refractivity contribution in [2.75, 3.05) is 6.54 Å². The van der Waals surface area contributed by atoms with Gasteiger partial charge in [-0.15, -0.1) is 0 Å². The maximum atomic E-state index is 3.73. The minimum atomic E-state index is 0.874. The number of hydrogen-bond acceptors (Lipinski definition) is 1. The van der Waals surface area contributed by atoms with Crippen molar-refractivity contribution in [1.82, 2.24) is 5.32 Å². The summed E-state index contributed by atoms with van der Waals surface area (Å²) < 4.78 is 0. The summed E-state index contributed by atoms with van der Waals surface area (Å²) >= 11 is 0. The van der Waals surface area contributed by atoms with Crippen LogP contribution in [0.2, 0.25) is 0 Å². The monoisotopic (exact) mass is 181 g/mol. The zero-order chi connectivity index (χ0) is 9.26. The molecule has 76 valence electrons. The fourth-order valence-electron chi connectivity index (χ4n) is 2.91. The van der Waals surface area contributed by atoms with Crippen LogP contribution in [0.3, 0.4) is 0 Å². The molecule has 13 heavy (non-hydrogen) atoms. The van der Waals surface area contributed by atoms with Crippen molar-refractivity contribution in [1.29, 1.82) is 0 Å². The van der Waals surface area contributed by atoms with E-state index in [1.54, 1.807) is 0 Å². The predicted molar refractivity (Wildman–Crippen MR) is 56.7 cm³/mol. The average Bonchev–Trinajstić information content (AvgIpc) is 2.53. The Morgan fingerprint density at radius 2 is 2.00 bits per heavy atom. The first-order chi connectivity index (χ1) is 6.25. The van der Waals surface area contributed by atoms with E-state index in [1.165, 1.54) is 38.6 Å². The molecule has 1 unspecified atom stereocenters. The fourth-order valence-corrected chi connectivity index (χ4v) is 2.91. The number of rotatable bonds is 5. The predicted octanol–water partition coefficient (Wildman–Crippen LogP) is 2.81. The van der Waals surface area contributed by atoms with Crippen molar-refractivity contribution < 1.29 is 0 Å². The molecule has 0 aliphatic heterocycles. The molecule has 0 radical (unpaired) electrons. The van der Waals surface area contributed by atoms with Crippen LogP contribution in [0.15, 0.2) is 0 Å². The molecule has 3 saturated carbocycles. The lowest BCUT2D eigenvalue weighted by atomic mass is 9.84. The van der Waals surface area contributed by atoms with Gasteiger partial charge in [0.2, 0.25) is 0 Å². The number of nitrogens with one attached hydrogen (secondary N) is 1. The van der Waals surface area contributed by atoms with E-state index in [9.17, 15) is 0 Å². The summed E-state index contributed by atoms with van der Waals surface area (Å²) in [5.74, 6) is 3.04. The van der Waals surface area contributed by atoms with E-state index in [2.05, 4.69) is 19.2 Å². The Morgan fingerprint density at radius 1 is 1.23 bits per heavy atom. The fraction of sp³-hybridized carbons (Fsp3) is 1.00. The summed E-state index contributed by atoms with van der Waals surface area (Å²) in [4.78, 5) is 0. The molecule has 3 aliphatic carbocycles. The first-order valence-electron chi connectivity index (χ1n) is 5.99. The van der Waals surface area contributed by atoms with Gasteiger partial charge in [0.15, 0.2) is 0 Å². The van der Waals surface area contributed by atoms with Crippen molar-refractivity contribution in [3.63, 3.8) is 0 Å². The minimum Gasteiger partial charge on any atom is -0.314 e. The van der Waals surface area contributed by atoms with Gasteiger partial charge in [-0.2, -0.15) is 0 Å². The Labute approximate surface area is 82.3 Å². The van der Waals surface area contributed by atoms with Gasteiger partial charge in [-0.25, -0.2) is 0 Å². The van der Waals surface area contributed by atoms with Gasteiger partial charge in [0.1, 0.15) is 0 Å². The lowest BCUT2D eigenvalue weighted by Crippen LogP contribution is -2.32. The van der Waals surface area contributed by atoms with Gasteiger partial charge in [-0.1, -0.05) is 13.8 Å². The molecule has 0 aromatic carbocycles. The van der Waals surface area contributed by atoms with Gasteiger partial charge in [0.05, 0.1) is 0 Å². The van der Waals surface area contributed by atoms with E-state index < -0.39 is 0 Å². The summed E-state index contributed by atoms with van der Waals surface area (Å²) in [6.07, 6.45) is 7.29. The third kappa shape index (κ3) is 2.25. The molecule has 0 aromatic rings. The van der Waals surface area contributed by atoms with Crippen LogP contribution < -0.4 is 5.32 Å². The topological polar surface area (TPSA) is 12.0 Å². The molecular formula is C12H23N. The molecule has 1 N–H and O–H groups in total. The quantitative estimate of drug-likeness (QED) is 0.643. The second kappa shape index (κ2) is 4.00. The molecule has 1 nitrogen and oxygen atoms in total. The summed E-state index contributed by atoms with van der Waals surface area (Å²) in [6.45, 7) is 5.88. The second-order valence-corrected chi connectivity index (χ2v) is 5.43. The van der Waals surface area contributed by atoms with Crippen molar-refractivity contribution in [3.8, 4) is 0 Å². The molecular weight excluding hydrogens is 158 g/mol. The zero-order valence-electron chi connectivity index (χ0n) is 9.05. The molecule has 3 rings (SSSR count). The third-order valence-corrected chi connectivity index (χ3v) is 3.79. The molecule has 3 fully saturated rings. The maximum Gasteiger partial charge on any atom is 0.00981 e. The summed E-state index contributed by atoms with van der Waals surface area (Å²) in [5.41, 5.74) is 0. The number of hydrogen-bond donors (Lipinski definition) is 1. The summed E-state index contributed by atoms with van der Waals surface area (Å²) in [6, 6.07) is 0.900. The zero-order valence-corrected chi connectivity index (χ0v) is 9.05. The van der Waals surface area contributed by atoms with Gasteiger partial charge >= 0.3 is 0 Å². The maximum absolute atomic E-state index is 3.73. The highest BCUT2D eigenvalue weighted by atomic mass is 14.9. The molecule has 0 amide bonds. The first-order valence-corrected chi connectivity index (χ1v) is 5.99. The highest BCUT2D eigenvalue weighted by Gasteiger charge is 2.43. The van der Waals surface area contributed by atoms with Crippen LogP contribution in [-0.4, -0.2) is 12.6 Å². The van der Waals surface area contributed by atoms with Crippen LogP contribution in [0.5, 0.6) is 0 Å². The smallest absolute Gasteiger partial charge is 0.00981 e. The van der Waals surface area contributed by atoms with Crippen LogP contribution in [0.25, 0.3) is 0 Å². The molecule has 2 bridgehead atoms. The molecule has 1 atom stereocenters. The van der Waals surface area contributed by atoms with Crippen LogP contribution in [0.4, 0.5) is 0 Å². The van der Waals surface area contributed by atoms with E-state index in [0.717, 1.165) is 23.8 Å². The lowest BCUT2D eigenvalue weighted by molar-refractivity contribution is 0.281. The van der Waals surface area contributed by atoms with E-state index >= 15 is 0 Å². The van der Waals surface area contributed by atoms with Crippen molar-refractivity contribution in [3.05, 3.63) is 0 Å². The standard InChI is InChI=1S/C12H23N/c1-9(2)4-3-5-13-12-8-10-6-11(12)7-10/h9-13H,3-8H2,1-2H3. The first kappa shape index (κ1) is 9.51. The third-order valence-electron chi connectivity index (χ3n) is 3.79. The second-order valence-electron chi connectivity index (χ2n) is 5.43. The van der Waals surface area contributed by atoms with Crippen LogP contribution >= 0.6 is 0 Å². The van der Waals surface area contributed by atoms with Crippen molar-refractivity contribution >= 4 is 0 Å². The largest absolute Gasteiger partial charge is 0.314 e. The van der Waals surface area contributed by atoms with Gasteiger partial charge < -0.3 is 5.32 Å². The Morgan fingerprint density at radius 3 is 2.54 bits per heavy atom. The average molecular weight is 181 g/mol. The Kier molecular flexibility index (Phi) is 2.92. The highest BCUT2D eigenvalue weighted by Crippen LogP contribution is 2.48. The Hall–Kier alpha value is -0.0400. The van der Waals surface area contributed by atoms with Crippen LogP contribution in [-0.2, 0) is 0 Å². The minimum absolute atomic E-state index is 0.874. The van der Waals surface area contributed by atoms with Crippen LogP contribution in [0.1, 0.15) is 46.0 Å².